The van der Waals surface area contributed by atoms with Crippen LogP contribution >= 0.6 is 0 Å². The molecule has 0 aliphatic carbocycles. The number of nitrogens with zero attached hydrogens (tertiary/aromatic N) is 2. The minimum Gasteiger partial charge on any atom is -0.480 e. The second-order valence-corrected chi connectivity index (χ2v) is 6.71. The lowest BCUT2D eigenvalue weighted by Gasteiger charge is -2.22. The van der Waals surface area contributed by atoms with Gasteiger partial charge >= 0.3 is 5.97 Å². The molecule has 0 spiro atoms. The third-order valence-corrected chi connectivity index (χ3v) is 4.29. The molecule has 8 heteroatoms. The van der Waals surface area contributed by atoms with E-state index in [2.05, 4.69) is 4.98 Å². The highest BCUT2D eigenvalue weighted by molar-refractivity contribution is 7.90. The molecular formula is C11H15N3O4S. The summed E-state index contributed by atoms with van der Waals surface area (Å²) < 4.78 is 23.4. The van der Waals surface area contributed by atoms with Gasteiger partial charge in [0.25, 0.3) is 0 Å². The van der Waals surface area contributed by atoms with Crippen LogP contribution in [0.1, 0.15) is 6.42 Å². The molecule has 3 N–H and O–H groups in total. The van der Waals surface area contributed by atoms with Crippen molar-refractivity contribution in [1.29, 1.82) is 0 Å². The van der Waals surface area contributed by atoms with Crippen LogP contribution in [0.5, 0.6) is 0 Å². The highest BCUT2D eigenvalue weighted by Gasteiger charge is 2.42. The summed E-state index contributed by atoms with van der Waals surface area (Å²) in [5.74, 6) is -0.828. The van der Waals surface area contributed by atoms with Crippen LogP contribution in [0, 0.1) is 0 Å². The van der Waals surface area contributed by atoms with Crippen LogP contribution in [0.15, 0.2) is 23.2 Å². The third-order valence-electron chi connectivity index (χ3n) is 3.18. The van der Waals surface area contributed by atoms with E-state index in [0.29, 0.717) is 6.54 Å². The zero-order valence-electron chi connectivity index (χ0n) is 10.4. The number of carboxylic acids is 1. The van der Waals surface area contributed by atoms with Gasteiger partial charge in [0.1, 0.15) is 16.3 Å². The topological polar surface area (TPSA) is 114 Å². The van der Waals surface area contributed by atoms with E-state index in [0.717, 1.165) is 6.26 Å². The number of hydrogen-bond donors (Lipinski definition) is 2. The Morgan fingerprint density at radius 2 is 2.26 bits per heavy atom. The summed E-state index contributed by atoms with van der Waals surface area (Å²) in [4.78, 5) is 16.8. The highest BCUT2D eigenvalue weighted by atomic mass is 32.2. The molecule has 2 heterocycles. The molecular weight excluding hydrogens is 270 g/mol. The van der Waals surface area contributed by atoms with Crippen molar-refractivity contribution in [3.05, 3.63) is 18.3 Å². The summed E-state index contributed by atoms with van der Waals surface area (Å²) in [6, 6.07) is 2.98. The van der Waals surface area contributed by atoms with Gasteiger partial charge in [-0.05, 0) is 18.6 Å². The number of anilines is 1. The van der Waals surface area contributed by atoms with E-state index in [1.54, 1.807) is 4.90 Å². The van der Waals surface area contributed by atoms with Crippen LogP contribution in [0.25, 0.3) is 0 Å². The highest BCUT2D eigenvalue weighted by Crippen LogP contribution is 2.28. The summed E-state index contributed by atoms with van der Waals surface area (Å²) in [5.41, 5.74) is 4.42. The maximum absolute atomic E-state index is 11.7. The first kappa shape index (κ1) is 13.8. The second kappa shape index (κ2) is 4.46. The van der Waals surface area contributed by atoms with Crippen LogP contribution in [0.4, 0.5) is 5.82 Å². The zero-order chi connectivity index (χ0) is 14.3. The van der Waals surface area contributed by atoms with E-state index in [1.165, 1.54) is 18.3 Å². The van der Waals surface area contributed by atoms with E-state index in [9.17, 15) is 13.2 Å². The van der Waals surface area contributed by atoms with Crippen molar-refractivity contribution in [2.24, 2.45) is 5.73 Å². The van der Waals surface area contributed by atoms with Crippen LogP contribution < -0.4 is 10.6 Å². The van der Waals surface area contributed by atoms with Gasteiger partial charge in [0.2, 0.25) is 0 Å². The number of aliphatic carboxylic acids is 1. The van der Waals surface area contributed by atoms with Crippen LogP contribution in [-0.4, -0.2) is 49.4 Å². The molecule has 19 heavy (non-hydrogen) atoms. The minimum absolute atomic E-state index is 0.0435. The predicted molar refractivity (Wildman–Crippen MR) is 68.7 cm³/mol. The lowest BCUT2D eigenvalue weighted by Crippen LogP contribution is -2.50. The van der Waals surface area contributed by atoms with Gasteiger partial charge in [0.05, 0.1) is 0 Å². The smallest absolute Gasteiger partial charge is 0.325 e. The molecule has 0 bridgehead atoms. The molecule has 2 rings (SSSR count). The molecule has 7 nitrogen and oxygen atoms in total. The number of nitrogens with two attached hydrogens (primary N) is 1. The van der Waals surface area contributed by atoms with E-state index < -0.39 is 21.3 Å². The first-order valence-corrected chi connectivity index (χ1v) is 7.55. The number of aromatic nitrogens is 1. The molecule has 1 aromatic rings. The standard InChI is InChI=1S/C11H15N3O4S/c1-19(17,18)8-3-2-5-13-9(8)14-6-4-11(12,7-14)10(15)16/h2-3,5H,4,6-7,12H2,1H3,(H,15,16). The van der Waals surface area contributed by atoms with E-state index in [1.807, 2.05) is 0 Å². The molecule has 1 fully saturated rings. The van der Waals surface area contributed by atoms with Crippen LogP contribution in [0.2, 0.25) is 0 Å². The predicted octanol–water partition coefficient (Wildman–Crippen LogP) is -0.523. The molecule has 1 unspecified atom stereocenters. The zero-order valence-corrected chi connectivity index (χ0v) is 11.2. The lowest BCUT2D eigenvalue weighted by atomic mass is 10.0. The monoisotopic (exact) mass is 285 g/mol. The molecule has 0 aromatic carbocycles. The lowest BCUT2D eigenvalue weighted by molar-refractivity contribution is -0.142. The maximum Gasteiger partial charge on any atom is 0.325 e. The quantitative estimate of drug-likeness (QED) is 0.767. The Morgan fingerprint density at radius 3 is 2.79 bits per heavy atom. The summed E-state index contributed by atoms with van der Waals surface area (Å²) in [7, 11) is -3.42. The van der Waals surface area contributed by atoms with Gasteiger partial charge in [-0.25, -0.2) is 13.4 Å². The molecule has 0 saturated carbocycles. The summed E-state index contributed by atoms with van der Waals surface area (Å²) >= 11 is 0. The number of pyridine rings is 1. The van der Waals surface area contributed by atoms with Crippen LogP contribution in [-0.2, 0) is 14.6 Å². The van der Waals surface area contributed by atoms with Gasteiger partial charge in [0.15, 0.2) is 9.84 Å². The van der Waals surface area contributed by atoms with Gasteiger partial charge in [-0.3, -0.25) is 4.79 Å². The fourth-order valence-corrected chi connectivity index (χ4v) is 2.94. The molecule has 1 saturated heterocycles. The molecule has 104 valence electrons. The number of carboxylic acid groups (broad SMARTS) is 1. The van der Waals surface area contributed by atoms with Crippen molar-refractivity contribution in [3.63, 3.8) is 0 Å². The van der Waals surface area contributed by atoms with Crippen molar-refractivity contribution >= 4 is 21.6 Å². The molecule has 0 amide bonds. The van der Waals surface area contributed by atoms with Gasteiger partial charge in [-0.1, -0.05) is 0 Å². The molecule has 1 aromatic heterocycles. The molecule has 1 aliphatic heterocycles. The Labute approximate surface area is 111 Å². The average Bonchev–Trinajstić information content (AvgIpc) is 2.72. The SMILES string of the molecule is CS(=O)(=O)c1cccnc1N1CCC(N)(C(=O)O)C1. The normalized spacial score (nSPS) is 23.6. The van der Waals surface area contributed by atoms with Gasteiger partial charge < -0.3 is 15.7 Å². The second-order valence-electron chi connectivity index (χ2n) is 4.73. The van der Waals surface area contributed by atoms with Crippen molar-refractivity contribution in [3.8, 4) is 0 Å². The maximum atomic E-state index is 11.7. The Morgan fingerprint density at radius 1 is 1.58 bits per heavy atom. The summed E-state index contributed by atoms with van der Waals surface area (Å²) in [6.07, 6.45) is 2.82. The largest absolute Gasteiger partial charge is 0.480 e. The first-order chi connectivity index (χ1) is 8.74. The number of carbonyl (C=O) groups is 1. The third kappa shape index (κ3) is 2.54. The fourth-order valence-electron chi connectivity index (χ4n) is 2.10. The molecule has 1 aliphatic rings. The first-order valence-electron chi connectivity index (χ1n) is 5.66. The van der Waals surface area contributed by atoms with Crippen molar-refractivity contribution in [2.75, 3.05) is 24.2 Å². The Kier molecular flexibility index (Phi) is 3.23. The Bertz CT molecular complexity index is 616. The fraction of sp³-hybridized carbons (Fsp3) is 0.455. The minimum atomic E-state index is -3.42. The van der Waals surface area contributed by atoms with Crippen molar-refractivity contribution in [1.82, 2.24) is 4.98 Å². The van der Waals surface area contributed by atoms with Gasteiger partial charge in [-0.2, -0.15) is 0 Å². The van der Waals surface area contributed by atoms with Gasteiger partial charge in [0, 0.05) is 25.5 Å². The molecule has 1 atom stereocenters. The van der Waals surface area contributed by atoms with Crippen molar-refractivity contribution in [2.45, 2.75) is 16.9 Å². The van der Waals surface area contributed by atoms with Crippen molar-refractivity contribution < 1.29 is 18.3 Å². The number of rotatable bonds is 3. The Balaban J connectivity index is 2.38. The average molecular weight is 285 g/mol. The summed E-state index contributed by atoms with van der Waals surface area (Å²) in [6.45, 7) is 0.407. The van der Waals surface area contributed by atoms with E-state index >= 15 is 0 Å². The summed E-state index contributed by atoms with van der Waals surface area (Å²) in [5, 5.41) is 9.08. The van der Waals surface area contributed by atoms with E-state index in [-0.39, 0.29) is 23.7 Å². The number of hydrogen-bond acceptors (Lipinski definition) is 6. The van der Waals surface area contributed by atoms with E-state index in [4.69, 9.17) is 10.8 Å². The Hall–Kier alpha value is -1.67. The number of sulfone groups is 1. The van der Waals surface area contributed by atoms with Crippen LogP contribution in [0.3, 0.4) is 0 Å². The molecule has 0 radical (unpaired) electrons. The van der Waals surface area contributed by atoms with Gasteiger partial charge in [-0.15, -0.1) is 0 Å².